The highest BCUT2D eigenvalue weighted by molar-refractivity contribution is 6.30. The van der Waals surface area contributed by atoms with Crippen molar-refractivity contribution in [3.63, 3.8) is 0 Å². The zero-order chi connectivity index (χ0) is 21.5. The minimum Gasteiger partial charge on any atom is -0.294 e. The fourth-order valence-corrected chi connectivity index (χ4v) is 4.43. The third-order valence-electron chi connectivity index (χ3n) is 5.69. The summed E-state index contributed by atoms with van der Waals surface area (Å²) in [5.41, 5.74) is 2.71. The summed E-state index contributed by atoms with van der Waals surface area (Å²) >= 11 is 6.11. The van der Waals surface area contributed by atoms with Crippen LogP contribution in [-0.2, 0) is 26.1 Å². The average molecular weight is 441 g/mol. The number of fused-ring (bicyclic) bond motifs is 3. The summed E-state index contributed by atoms with van der Waals surface area (Å²) in [4.78, 5) is 19.9. The zero-order valence-corrected chi connectivity index (χ0v) is 17.3. The van der Waals surface area contributed by atoms with E-state index in [1.807, 2.05) is 34.9 Å². The number of halogens is 3. The van der Waals surface area contributed by atoms with Crippen molar-refractivity contribution in [1.29, 1.82) is 0 Å². The molecule has 0 amide bonds. The largest absolute Gasteiger partial charge is 0.294 e. The maximum atomic E-state index is 14.3. The van der Waals surface area contributed by atoms with Crippen LogP contribution in [0.1, 0.15) is 22.4 Å². The van der Waals surface area contributed by atoms with E-state index < -0.39 is 11.6 Å². The lowest BCUT2D eigenvalue weighted by Crippen LogP contribution is -2.38. The first-order valence-electron chi connectivity index (χ1n) is 9.98. The predicted molar refractivity (Wildman–Crippen MR) is 114 cm³/mol. The van der Waals surface area contributed by atoms with Crippen LogP contribution < -0.4 is 5.56 Å². The molecule has 4 aromatic rings. The summed E-state index contributed by atoms with van der Waals surface area (Å²) in [6.07, 6.45) is 4.15. The van der Waals surface area contributed by atoms with Crippen molar-refractivity contribution >= 4 is 17.4 Å². The molecular formula is C23H19ClF2N4O. The molecule has 0 spiro atoms. The minimum absolute atomic E-state index is 0.0208. The molecule has 0 saturated heterocycles. The number of benzene rings is 2. The second-order valence-corrected chi connectivity index (χ2v) is 8.18. The Morgan fingerprint density at radius 1 is 1.10 bits per heavy atom. The Balaban J connectivity index is 1.53. The molecular weight excluding hydrogens is 422 g/mol. The van der Waals surface area contributed by atoms with Crippen molar-refractivity contribution in [3.8, 4) is 0 Å². The van der Waals surface area contributed by atoms with E-state index in [0.717, 1.165) is 23.9 Å². The van der Waals surface area contributed by atoms with Gasteiger partial charge in [-0.25, -0.2) is 13.8 Å². The van der Waals surface area contributed by atoms with E-state index in [-0.39, 0.29) is 17.7 Å². The van der Waals surface area contributed by atoms with Crippen molar-refractivity contribution in [1.82, 2.24) is 18.9 Å². The Labute approximate surface area is 182 Å². The van der Waals surface area contributed by atoms with Gasteiger partial charge in [0.05, 0.1) is 12.1 Å². The number of nitrogens with zero attached hydrogens (tertiary/aromatic N) is 4. The van der Waals surface area contributed by atoms with Gasteiger partial charge in [-0.05, 0) is 23.8 Å². The molecule has 1 aliphatic rings. The van der Waals surface area contributed by atoms with E-state index in [1.165, 1.54) is 16.7 Å². The molecule has 5 rings (SSSR count). The number of hydrogen-bond donors (Lipinski definition) is 0. The van der Waals surface area contributed by atoms with Gasteiger partial charge in [-0.3, -0.25) is 18.7 Å². The molecule has 0 saturated carbocycles. The van der Waals surface area contributed by atoms with E-state index in [0.29, 0.717) is 35.9 Å². The Hall–Kier alpha value is -3.03. The first-order chi connectivity index (χ1) is 15.0. The summed E-state index contributed by atoms with van der Waals surface area (Å²) in [5.74, 6) is -0.880. The standard InChI is InChI=1S/C23H19ClF2N4O/c24-17-3-1-2-15(10-17)12-28-8-6-21-19(14-28)22(31)30(23-27-7-9-29(21)23)13-16-4-5-18(25)11-20(16)26/h1-5,7,9-11H,6,8,12-14H2. The first kappa shape index (κ1) is 19.9. The Morgan fingerprint density at radius 3 is 2.77 bits per heavy atom. The second-order valence-electron chi connectivity index (χ2n) is 7.74. The highest BCUT2D eigenvalue weighted by atomic mass is 35.5. The van der Waals surface area contributed by atoms with Crippen LogP contribution in [0.4, 0.5) is 8.78 Å². The fraction of sp³-hybridized carbons (Fsp3) is 0.217. The Kier molecular flexibility index (Phi) is 5.08. The lowest BCUT2D eigenvalue weighted by atomic mass is 10.1. The molecule has 1 aliphatic heterocycles. The molecule has 8 heteroatoms. The number of hydrogen-bond acceptors (Lipinski definition) is 3. The minimum atomic E-state index is -0.683. The third-order valence-corrected chi connectivity index (χ3v) is 5.93. The molecule has 158 valence electrons. The van der Waals surface area contributed by atoms with E-state index in [9.17, 15) is 13.6 Å². The molecule has 0 radical (unpaired) electrons. The highest BCUT2D eigenvalue weighted by Crippen LogP contribution is 2.21. The number of rotatable bonds is 4. The van der Waals surface area contributed by atoms with E-state index >= 15 is 0 Å². The smallest absolute Gasteiger partial charge is 0.259 e. The molecule has 0 fully saturated rings. The fourth-order valence-electron chi connectivity index (χ4n) is 4.22. The summed E-state index contributed by atoms with van der Waals surface area (Å²) in [6, 6.07) is 11.1. The van der Waals surface area contributed by atoms with Gasteiger partial charge in [0.25, 0.3) is 5.56 Å². The van der Waals surface area contributed by atoms with Crippen LogP contribution in [0.15, 0.2) is 59.7 Å². The lowest BCUT2D eigenvalue weighted by molar-refractivity contribution is 0.240. The summed E-state index contributed by atoms with van der Waals surface area (Å²) in [6.45, 7) is 1.92. The zero-order valence-electron chi connectivity index (χ0n) is 16.6. The van der Waals surface area contributed by atoms with E-state index in [4.69, 9.17) is 11.6 Å². The first-order valence-corrected chi connectivity index (χ1v) is 10.4. The number of imidazole rings is 1. The number of aromatic nitrogens is 3. The van der Waals surface area contributed by atoms with Crippen LogP contribution >= 0.6 is 11.6 Å². The van der Waals surface area contributed by atoms with Crippen molar-refractivity contribution in [2.45, 2.75) is 26.1 Å². The molecule has 2 aromatic carbocycles. The molecule has 0 N–H and O–H groups in total. The predicted octanol–water partition coefficient (Wildman–Crippen LogP) is 4.03. The van der Waals surface area contributed by atoms with Crippen LogP contribution in [0, 0.1) is 11.6 Å². The molecule has 31 heavy (non-hydrogen) atoms. The van der Waals surface area contributed by atoms with Crippen LogP contribution in [0.5, 0.6) is 0 Å². The van der Waals surface area contributed by atoms with E-state index in [2.05, 4.69) is 9.88 Å². The normalized spacial score (nSPS) is 14.2. The molecule has 0 bridgehead atoms. The molecule has 0 unspecified atom stereocenters. The van der Waals surface area contributed by atoms with Crippen molar-refractivity contribution in [2.24, 2.45) is 0 Å². The molecule has 5 nitrogen and oxygen atoms in total. The van der Waals surface area contributed by atoms with Crippen molar-refractivity contribution < 1.29 is 8.78 Å². The molecule has 0 aliphatic carbocycles. The molecule has 2 aromatic heterocycles. The van der Waals surface area contributed by atoms with Crippen LogP contribution in [0.2, 0.25) is 5.02 Å². The van der Waals surface area contributed by atoms with Crippen molar-refractivity contribution in [3.05, 3.63) is 104 Å². The van der Waals surface area contributed by atoms with Gasteiger partial charge in [-0.2, -0.15) is 0 Å². The van der Waals surface area contributed by atoms with Crippen LogP contribution in [-0.4, -0.2) is 25.4 Å². The monoisotopic (exact) mass is 440 g/mol. The summed E-state index contributed by atoms with van der Waals surface area (Å²) in [7, 11) is 0. The highest BCUT2D eigenvalue weighted by Gasteiger charge is 2.24. The quantitative estimate of drug-likeness (QED) is 0.481. The van der Waals surface area contributed by atoms with Gasteiger partial charge in [0.15, 0.2) is 0 Å². The topological polar surface area (TPSA) is 42.5 Å². The summed E-state index contributed by atoms with van der Waals surface area (Å²) < 4.78 is 30.9. The van der Waals surface area contributed by atoms with Gasteiger partial charge in [0.2, 0.25) is 5.78 Å². The van der Waals surface area contributed by atoms with Gasteiger partial charge in [0, 0.05) is 60.8 Å². The lowest BCUT2D eigenvalue weighted by Gasteiger charge is -2.29. The Morgan fingerprint density at radius 2 is 1.97 bits per heavy atom. The van der Waals surface area contributed by atoms with Crippen molar-refractivity contribution in [2.75, 3.05) is 6.54 Å². The maximum Gasteiger partial charge on any atom is 0.259 e. The summed E-state index contributed by atoms with van der Waals surface area (Å²) in [5, 5.41) is 0.679. The molecule has 3 heterocycles. The van der Waals surface area contributed by atoms with Gasteiger partial charge in [-0.1, -0.05) is 29.8 Å². The maximum absolute atomic E-state index is 14.3. The molecule has 0 atom stereocenters. The SMILES string of the molecule is O=c1c2c(n3ccnc3n1Cc1ccc(F)cc1F)CCN(Cc1cccc(Cl)c1)C2. The van der Waals surface area contributed by atoms with Gasteiger partial charge in [0.1, 0.15) is 11.6 Å². The second kappa shape index (κ2) is 7.90. The van der Waals surface area contributed by atoms with Gasteiger partial charge < -0.3 is 0 Å². The van der Waals surface area contributed by atoms with Crippen LogP contribution in [0.25, 0.3) is 5.78 Å². The van der Waals surface area contributed by atoms with Gasteiger partial charge >= 0.3 is 0 Å². The third kappa shape index (κ3) is 3.75. The van der Waals surface area contributed by atoms with Gasteiger partial charge in [-0.15, -0.1) is 0 Å². The average Bonchev–Trinajstić information content (AvgIpc) is 3.22. The Bertz CT molecular complexity index is 1350. The van der Waals surface area contributed by atoms with E-state index in [1.54, 1.807) is 6.20 Å². The van der Waals surface area contributed by atoms with Crippen LogP contribution in [0.3, 0.4) is 0 Å².